The van der Waals surface area contributed by atoms with E-state index >= 15 is 0 Å². The molecule has 2 aliphatic rings. The molecule has 0 bridgehead atoms. The summed E-state index contributed by atoms with van der Waals surface area (Å²) in [6, 6.07) is 2.98. The molecule has 1 aliphatic heterocycles. The summed E-state index contributed by atoms with van der Waals surface area (Å²) in [7, 11) is 0. The molecular weight excluding hydrogens is 421 g/mol. The van der Waals surface area contributed by atoms with Crippen molar-refractivity contribution in [3.05, 3.63) is 52.9 Å². The van der Waals surface area contributed by atoms with E-state index in [2.05, 4.69) is 27.1 Å². The first-order valence-electron chi connectivity index (χ1n) is 11.7. The molecular formula is C25H32FN5O2. The number of nitrogens with one attached hydrogen (secondary N) is 1. The molecule has 2 heterocycles. The number of anilines is 1. The second-order valence-electron chi connectivity index (χ2n) is 9.33. The number of halogens is 1. The van der Waals surface area contributed by atoms with Gasteiger partial charge in [-0.25, -0.2) is 9.37 Å². The number of benzene rings is 1. The predicted molar refractivity (Wildman–Crippen MR) is 124 cm³/mol. The molecule has 176 valence electrons. The highest BCUT2D eigenvalue weighted by atomic mass is 19.1. The molecule has 2 aromatic rings. The largest absolute Gasteiger partial charge is 0.337 e. The third-order valence-electron chi connectivity index (χ3n) is 6.83. The standard InChI is InChI=1S/C25H32FN5O2/c1-16-12-28-23(13-27-16)24(32)29-22-11-21(26)10-20(18(22)3)15-30-8-9-31(17(2)14-30)25(33)19-6-4-5-7-19/h10-13,17,19H,4-9,14-15H2,1-3H3,(H,29,32)/t17-/m0/s1. The average molecular weight is 454 g/mol. The van der Waals surface area contributed by atoms with Crippen molar-refractivity contribution in [2.24, 2.45) is 5.92 Å². The van der Waals surface area contributed by atoms with E-state index in [1.165, 1.54) is 24.5 Å². The highest BCUT2D eigenvalue weighted by Crippen LogP contribution is 2.29. The predicted octanol–water partition coefficient (Wildman–Crippen LogP) is 3.71. The molecule has 1 aromatic carbocycles. The molecule has 1 saturated carbocycles. The van der Waals surface area contributed by atoms with Crippen LogP contribution in [0.15, 0.2) is 24.5 Å². The number of nitrogens with zero attached hydrogens (tertiary/aromatic N) is 4. The Morgan fingerprint density at radius 1 is 1.12 bits per heavy atom. The minimum atomic E-state index is -0.421. The lowest BCUT2D eigenvalue weighted by Crippen LogP contribution is -2.54. The van der Waals surface area contributed by atoms with Crippen molar-refractivity contribution in [1.82, 2.24) is 19.8 Å². The van der Waals surface area contributed by atoms with E-state index < -0.39 is 11.7 Å². The van der Waals surface area contributed by atoms with Crippen LogP contribution in [0.5, 0.6) is 0 Å². The van der Waals surface area contributed by atoms with Crippen LogP contribution in [0.3, 0.4) is 0 Å². The van der Waals surface area contributed by atoms with Crippen LogP contribution in [0.4, 0.5) is 10.1 Å². The zero-order chi connectivity index (χ0) is 23.5. The Bertz CT molecular complexity index is 1020. The summed E-state index contributed by atoms with van der Waals surface area (Å²) >= 11 is 0. The number of aryl methyl sites for hydroxylation is 1. The van der Waals surface area contributed by atoms with Gasteiger partial charge in [-0.1, -0.05) is 12.8 Å². The number of amides is 2. The summed E-state index contributed by atoms with van der Waals surface area (Å²) in [5.74, 6) is -0.335. The summed E-state index contributed by atoms with van der Waals surface area (Å²) < 4.78 is 14.4. The highest BCUT2D eigenvalue weighted by molar-refractivity contribution is 6.03. The maximum Gasteiger partial charge on any atom is 0.275 e. The number of piperazine rings is 1. The zero-order valence-electron chi connectivity index (χ0n) is 19.6. The Kier molecular flexibility index (Phi) is 7.02. The van der Waals surface area contributed by atoms with Gasteiger partial charge in [0.1, 0.15) is 11.5 Å². The first-order valence-corrected chi connectivity index (χ1v) is 11.7. The number of hydrogen-bond donors (Lipinski definition) is 1. The first kappa shape index (κ1) is 23.3. The van der Waals surface area contributed by atoms with Gasteiger partial charge in [-0.15, -0.1) is 0 Å². The molecule has 1 saturated heterocycles. The van der Waals surface area contributed by atoms with E-state index in [1.807, 2.05) is 11.8 Å². The molecule has 7 nitrogen and oxygen atoms in total. The summed E-state index contributed by atoms with van der Waals surface area (Å²) in [6.45, 7) is 8.52. The van der Waals surface area contributed by atoms with E-state index in [-0.39, 0.29) is 17.7 Å². The Morgan fingerprint density at radius 2 is 1.88 bits per heavy atom. The molecule has 0 unspecified atom stereocenters. The topological polar surface area (TPSA) is 78.4 Å². The second-order valence-corrected chi connectivity index (χ2v) is 9.33. The average Bonchev–Trinajstić information content (AvgIpc) is 3.32. The third-order valence-corrected chi connectivity index (χ3v) is 6.83. The number of hydrogen-bond acceptors (Lipinski definition) is 5. The summed E-state index contributed by atoms with van der Waals surface area (Å²) in [5, 5.41) is 2.77. The summed E-state index contributed by atoms with van der Waals surface area (Å²) in [4.78, 5) is 37.9. The summed E-state index contributed by atoms with van der Waals surface area (Å²) in [6.07, 6.45) is 7.26. The van der Waals surface area contributed by atoms with Gasteiger partial charge in [-0.05, 0) is 56.9 Å². The fourth-order valence-electron chi connectivity index (χ4n) is 4.88. The van der Waals surface area contributed by atoms with Crippen LogP contribution in [0.2, 0.25) is 0 Å². The zero-order valence-corrected chi connectivity index (χ0v) is 19.6. The molecule has 4 rings (SSSR count). The van der Waals surface area contributed by atoms with E-state index in [1.54, 1.807) is 6.92 Å². The summed E-state index contributed by atoms with van der Waals surface area (Å²) in [5.41, 5.74) is 2.98. The Hall–Kier alpha value is -2.87. The number of aromatic nitrogens is 2. The lowest BCUT2D eigenvalue weighted by atomic mass is 10.0. The van der Waals surface area contributed by atoms with Gasteiger partial charge in [0.05, 0.1) is 11.9 Å². The van der Waals surface area contributed by atoms with E-state index in [0.717, 1.165) is 55.6 Å². The maximum absolute atomic E-state index is 14.4. The van der Waals surface area contributed by atoms with Gasteiger partial charge in [-0.3, -0.25) is 19.5 Å². The van der Waals surface area contributed by atoms with Crippen LogP contribution in [-0.2, 0) is 11.3 Å². The minimum Gasteiger partial charge on any atom is -0.337 e. The highest BCUT2D eigenvalue weighted by Gasteiger charge is 2.33. The normalized spacial score (nSPS) is 19.6. The quantitative estimate of drug-likeness (QED) is 0.747. The molecule has 2 fully saturated rings. The monoisotopic (exact) mass is 453 g/mol. The second kappa shape index (κ2) is 9.95. The fourth-order valence-corrected chi connectivity index (χ4v) is 4.88. The van der Waals surface area contributed by atoms with E-state index in [0.29, 0.717) is 24.7 Å². The van der Waals surface area contributed by atoms with Gasteiger partial charge < -0.3 is 10.2 Å². The van der Waals surface area contributed by atoms with Gasteiger partial charge in [-0.2, -0.15) is 0 Å². The van der Waals surface area contributed by atoms with Gasteiger partial charge >= 0.3 is 0 Å². The molecule has 1 aliphatic carbocycles. The van der Waals surface area contributed by atoms with Crippen molar-refractivity contribution in [3.8, 4) is 0 Å². The minimum absolute atomic E-state index is 0.125. The molecule has 1 aromatic heterocycles. The van der Waals surface area contributed by atoms with Crippen molar-refractivity contribution in [3.63, 3.8) is 0 Å². The van der Waals surface area contributed by atoms with Crippen molar-refractivity contribution in [2.75, 3.05) is 25.0 Å². The van der Waals surface area contributed by atoms with Gasteiger partial charge in [0.2, 0.25) is 5.91 Å². The van der Waals surface area contributed by atoms with Crippen molar-refractivity contribution >= 4 is 17.5 Å². The molecule has 33 heavy (non-hydrogen) atoms. The number of carbonyl (C=O) groups is 2. The number of rotatable bonds is 5. The SMILES string of the molecule is Cc1cnc(C(=O)Nc2cc(F)cc(CN3CCN(C(=O)C4CCCC4)[C@@H](C)C3)c2C)cn1. The molecule has 1 N–H and O–H groups in total. The number of carbonyl (C=O) groups excluding carboxylic acids is 2. The van der Waals surface area contributed by atoms with E-state index in [4.69, 9.17) is 0 Å². The third kappa shape index (κ3) is 5.38. The van der Waals surface area contributed by atoms with Gasteiger partial charge in [0.25, 0.3) is 5.91 Å². The Morgan fingerprint density at radius 3 is 2.55 bits per heavy atom. The lowest BCUT2D eigenvalue weighted by Gasteiger charge is -2.41. The maximum atomic E-state index is 14.4. The van der Waals surface area contributed by atoms with Crippen molar-refractivity contribution in [2.45, 2.75) is 59.0 Å². The van der Waals surface area contributed by atoms with Crippen molar-refractivity contribution < 1.29 is 14.0 Å². The van der Waals surface area contributed by atoms with Crippen LogP contribution < -0.4 is 5.32 Å². The van der Waals surface area contributed by atoms with Crippen LogP contribution in [0.25, 0.3) is 0 Å². The molecule has 0 radical (unpaired) electrons. The Labute approximate surface area is 194 Å². The van der Waals surface area contributed by atoms with Crippen LogP contribution >= 0.6 is 0 Å². The molecule has 2 amide bonds. The van der Waals surface area contributed by atoms with Crippen LogP contribution in [0, 0.1) is 25.6 Å². The van der Waals surface area contributed by atoms with Gasteiger partial charge in [0.15, 0.2) is 0 Å². The first-order chi connectivity index (χ1) is 15.8. The van der Waals surface area contributed by atoms with Crippen LogP contribution in [-0.4, -0.2) is 57.3 Å². The van der Waals surface area contributed by atoms with Crippen molar-refractivity contribution in [1.29, 1.82) is 0 Å². The van der Waals surface area contributed by atoms with E-state index in [9.17, 15) is 14.0 Å². The smallest absolute Gasteiger partial charge is 0.275 e. The molecule has 1 atom stereocenters. The Balaban J connectivity index is 1.42. The fraction of sp³-hybridized carbons (Fsp3) is 0.520. The van der Waals surface area contributed by atoms with Crippen LogP contribution in [0.1, 0.15) is 59.9 Å². The lowest BCUT2D eigenvalue weighted by molar-refractivity contribution is -0.140. The van der Waals surface area contributed by atoms with Gasteiger partial charge in [0, 0.05) is 50.0 Å². The molecule has 0 spiro atoms. The molecule has 8 heteroatoms.